The monoisotopic (exact) mass is 261 g/mol. The summed E-state index contributed by atoms with van der Waals surface area (Å²) >= 11 is 0. The van der Waals surface area contributed by atoms with Gasteiger partial charge < -0.3 is 4.74 Å². The van der Waals surface area contributed by atoms with Crippen LogP contribution in [0.15, 0.2) is 30.3 Å². The van der Waals surface area contributed by atoms with Gasteiger partial charge >= 0.3 is 0 Å². The highest BCUT2D eigenvalue weighted by molar-refractivity contribution is 5.22. The molecule has 1 nitrogen and oxygen atoms in total. The molecule has 0 bridgehead atoms. The molecule has 1 aromatic rings. The Balaban J connectivity index is 1.54. The highest BCUT2D eigenvalue weighted by atomic mass is 16.6. The zero-order chi connectivity index (χ0) is 14.3. The first kappa shape index (κ1) is 13.2. The van der Waals surface area contributed by atoms with Crippen LogP contribution in [0.5, 0.6) is 0 Å². The van der Waals surface area contributed by atoms with Crippen molar-refractivity contribution >= 4 is 0 Å². The predicted octanol–water partition coefficient (Wildman–Crippen LogP) is 5.66. The fourth-order valence-electron chi connectivity index (χ4n) is 2.63. The van der Waals surface area contributed by atoms with E-state index in [1.165, 1.54) is 51.4 Å². The molecule has 1 heteroatoms. The van der Waals surface area contributed by atoms with Crippen molar-refractivity contribution in [2.75, 3.05) is 0 Å². The molecule has 19 heavy (non-hydrogen) atoms. The van der Waals surface area contributed by atoms with Gasteiger partial charge in [0.2, 0.25) is 0 Å². The van der Waals surface area contributed by atoms with Gasteiger partial charge in [-0.1, -0.05) is 88.6 Å². The Kier molecular flexibility index (Phi) is 5.80. The van der Waals surface area contributed by atoms with Gasteiger partial charge in [-0.3, -0.25) is 0 Å². The van der Waals surface area contributed by atoms with Crippen LogP contribution in [0.2, 0.25) is 0 Å². The minimum Gasteiger partial charge on any atom is -0.365 e. The van der Waals surface area contributed by atoms with Gasteiger partial charge in [0.05, 0.1) is 7.47 Å². The minimum atomic E-state index is -0.748. The lowest BCUT2D eigenvalue weighted by Gasteiger charge is -2.00. The lowest BCUT2D eigenvalue weighted by molar-refractivity contribution is 0.360. The molecule has 0 spiro atoms. The molecule has 106 valence electrons. The fraction of sp³-hybridized carbons (Fsp3) is 0.667. The SMILES string of the molecule is [2H][C@@]1(c2ccccc2)O[C@H]1CCCCCCCCCC. The number of hydrogen-bond acceptors (Lipinski definition) is 1. The molecule has 1 aromatic carbocycles. The molecular weight excluding hydrogens is 232 g/mol. The van der Waals surface area contributed by atoms with Gasteiger partial charge in [-0.15, -0.1) is 0 Å². The molecule has 1 fully saturated rings. The van der Waals surface area contributed by atoms with Crippen LogP contribution in [0.3, 0.4) is 0 Å². The molecule has 0 aliphatic carbocycles. The number of epoxide rings is 1. The molecular formula is C18H28O. The van der Waals surface area contributed by atoms with Crippen molar-refractivity contribution in [3.05, 3.63) is 35.9 Å². The van der Waals surface area contributed by atoms with Crippen molar-refractivity contribution in [2.45, 2.75) is 76.9 Å². The highest BCUT2D eigenvalue weighted by Gasteiger charge is 2.38. The zero-order valence-corrected chi connectivity index (χ0v) is 12.2. The molecule has 0 saturated carbocycles. The topological polar surface area (TPSA) is 12.5 Å². The molecule has 0 aromatic heterocycles. The zero-order valence-electron chi connectivity index (χ0n) is 13.2. The molecule has 0 unspecified atom stereocenters. The Morgan fingerprint density at radius 3 is 2.26 bits per heavy atom. The first-order chi connectivity index (χ1) is 9.77. The summed E-state index contributed by atoms with van der Waals surface area (Å²) in [5.74, 6) is 0. The number of hydrogen-bond donors (Lipinski definition) is 0. The van der Waals surface area contributed by atoms with Crippen LogP contribution in [0.25, 0.3) is 0 Å². The van der Waals surface area contributed by atoms with Crippen LogP contribution in [-0.4, -0.2) is 6.10 Å². The molecule has 0 N–H and O–H groups in total. The Labute approximate surface area is 119 Å². The second kappa shape index (κ2) is 8.37. The second-order valence-corrected chi connectivity index (χ2v) is 5.60. The summed E-state index contributed by atoms with van der Waals surface area (Å²) in [6.45, 7) is 2.26. The van der Waals surface area contributed by atoms with E-state index >= 15 is 0 Å². The smallest absolute Gasteiger partial charge is 0.109 e. The third-order valence-corrected chi connectivity index (χ3v) is 3.88. The maximum atomic E-state index is 8.31. The van der Waals surface area contributed by atoms with Gasteiger partial charge in [0.25, 0.3) is 0 Å². The highest BCUT2D eigenvalue weighted by Crippen LogP contribution is 2.41. The van der Waals surface area contributed by atoms with Crippen molar-refractivity contribution in [3.8, 4) is 0 Å². The minimum absolute atomic E-state index is 0.116. The Bertz CT molecular complexity index is 378. The van der Waals surface area contributed by atoms with Crippen molar-refractivity contribution in [1.29, 1.82) is 0 Å². The van der Waals surface area contributed by atoms with Crippen LogP contribution in [0.1, 0.15) is 77.7 Å². The summed E-state index contributed by atoms with van der Waals surface area (Å²) < 4.78 is 13.9. The van der Waals surface area contributed by atoms with Crippen molar-refractivity contribution in [2.24, 2.45) is 0 Å². The van der Waals surface area contributed by atoms with Gasteiger partial charge in [-0.25, -0.2) is 0 Å². The first-order valence-electron chi connectivity index (χ1n) is 8.50. The largest absolute Gasteiger partial charge is 0.365 e. The van der Waals surface area contributed by atoms with Crippen LogP contribution < -0.4 is 0 Å². The van der Waals surface area contributed by atoms with Gasteiger partial charge in [0.15, 0.2) is 0 Å². The van der Waals surface area contributed by atoms with Gasteiger partial charge in [-0.05, 0) is 12.0 Å². The quantitative estimate of drug-likeness (QED) is 0.391. The number of ether oxygens (including phenoxy) is 1. The number of rotatable bonds is 10. The predicted molar refractivity (Wildman–Crippen MR) is 81.3 cm³/mol. The van der Waals surface area contributed by atoms with Crippen molar-refractivity contribution in [3.63, 3.8) is 0 Å². The first-order valence-corrected chi connectivity index (χ1v) is 8.00. The normalized spacial score (nSPS) is 26.2. The third-order valence-electron chi connectivity index (χ3n) is 3.88. The van der Waals surface area contributed by atoms with Crippen LogP contribution in [-0.2, 0) is 4.74 Å². The van der Waals surface area contributed by atoms with Crippen LogP contribution in [0, 0.1) is 0 Å². The molecule has 1 aliphatic rings. The molecule has 0 radical (unpaired) electrons. The van der Waals surface area contributed by atoms with Crippen molar-refractivity contribution < 1.29 is 6.11 Å². The van der Waals surface area contributed by atoms with E-state index < -0.39 is 6.08 Å². The number of benzene rings is 1. The lowest BCUT2D eigenvalue weighted by atomic mass is 10.0. The fourth-order valence-corrected chi connectivity index (χ4v) is 2.63. The molecule has 2 atom stereocenters. The summed E-state index contributed by atoms with van der Waals surface area (Å²) in [4.78, 5) is 0. The Hall–Kier alpha value is -0.820. The van der Waals surface area contributed by atoms with Gasteiger partial charge in [0.1, 0.15) is 6.08 Å². The van der Waals surface area contributed by atoms with E-state index in [4.69, 9.17) is 6.11 Å². The summed E-state index contributed by atoms with van der Waals surface area (Å²) in [5.41, 5.74) is 1.00. The van der Waals surface area contributed by atoms with Crippen molar-refractivity contribution in [1.82, 2.24) is 0 Å². The lowest BCUT2D eigenvalue weighted by Crippen LogP contribution is -1.89. The van der Waals surface area contributed by atoms with E-state index in [0.717, 1.165) is 12.0 Å². The summed E-state index contributed by atoms with van der Waals surface area (Å²) in [5, 5.41) is 0. The molecule has 2 rings (SSSR count). The van der Waals surface area contributed by atoms with Crippen LogP contribution >= 0.6 is 0 Å². The van der Waals surface area contributed by atoms with E-state index in [2.05, 4.69) is 6.92 Å². The van der Waals surface area contributed by atoms with E-state index in [-0.39, 0.29) is 6.10 Å². The molecule has 1 saturated heterocycles. The summed E-state index contributed by atoms with van der Waals surface area (Å²) in [6, 6.07) is 9.96. The second-order valence-electron chi connectivity index (χ2n) is 5.60. The Morgan fingerprint density at radius 2 is 1.58 bits per heavy atom. The molecule has 1 aliphatic heterocycles. The molecule has 0 amide bonds. The molecule has 1 heterocycles. The standard InChI is InChI=1S/C18H28O/c1-2-3-4-5-6-7-8-12-15-17-18(19-17)16-13-10-9-11-14-16/h9-11,13-14,17-18H,2-8,12,15H2,1H3/t17-,18-/m0/s1/i18D. The van der Waals surface area contributed by atoms with E-state index in [1.807, 2.05) is 30.3 Å². The van der Waals surface area contributed by atoms with Gasteiger partial charge in [-0.2, -0.15) is 0 Å². The van der Waals surface area contributed by atoms with Crippen LogP contribution in [0.4, 0.5) is 0 Å². The van der Waals surface area contributed by atoms with E-state index in [9.17, 15) is 0 Å². The number of unbranched alkanes of at least 4 members (excludes halogenated alkanes) is 7. The van der Waals surface area contributed by atoms with Gasteiger partial charge in [0, 0.05) is 0 Å². The third kappa shape index (κ3) is 5.36. The Morgan fingerprint density at radius 1 is 0.947 bits per heavy atom. The van der Waals surface area contributed by atoms with E-state index in [0.29, 0.717) is 0 Å². The van der Waals surface area contributed by atoms with E-state index in [1.54, 1.807) is 0 Å². The maximum absolute atomic E-state index is 8.31. The average molecular weight is 261 g/mol. The summed E-state index contributed by atoms with van der Waals surface area (Å²) in [6.07, 6.45) is 11.1. The maximum Gasteiger partial charge on any atom is 0.109 e. The average Bonchev–Trinajstić information content (AvgIpc) is 3.15. The summed E-state index contributed by atoms with van der Waals surface area (Å²) in [7, 11) is 0.